The SMILES string of the molecule is NOCCc1cccnc1C(F)(F)F. The normalized spacial score (nSPS) is 11.7. The maximum Gasteiger partial charge on any atom is 0.433 e. The van der Waals surface area contributed by atoms with Gasteiger partial charge in [-0.05, 0) is 18.1 Å². The molecule has 0 aliphatic heterocycles. The molecule has 0 aliphatic rings. The second-order valence-corrected chi connectivity index (χ2v) is 2.63. The molecule has 78 valence electrons. The van der Waals surface area contributed by atoms with Gasteiger partial charge in [0.1, 0.15) is 5.69 Å². The van der Waals surface area contributed by atoms with Gasteiger partial charge in [-0.1, -0.05) is 6.07 Å². The fourth-order valence-electron chi connectivity index (χ4n) is 1.06. The summed E-state index contributed by atoms with van der Waals surface area (Å²) in [4.78, 5) is 7.50. The fraction of sp³-hybridized carbons (Fsp3) is 0.375. The zero-order chi connectivity index (χ0) is 10.6. The van der Waals surface area contributed by atoms with Gasteiger partial charge in [-0.15, -0.1) is 0 Å². The molecule has 0 radical (unpaired) electrons. The molecule has 0 aromatic carbocycles. The van der Waals surface area contributed by atoms with Crippen molar-refractivity contribution in [3.05, 3.63) is 29.6 Å². The van der Waals surface area contributed by atoms with E-state index in [1.165, 1.54) is 12.1 Å². The van der Waals surface area contributed by atoms with Crippen LogP contribution in [0.15, 0.2) is 18.3 Å². The van der Waals surface area contributed by atoms with Crippen molar-refractivity contribution in [3.63, 3.8) is 0 Å². The van der Waals surface area contributed by atoms with Crippen molar-refractivity contribution in [2.24, 2.45) is 5.90 Å². The number of hydrogen-bond donors (Lipinski definition) is 1. The van der Waals surface area contributed by atoms with Crippen LogP contribution in [0.3, 0.4) is 0 Å². The summed E-state index contributed by atoms with van der Waals surface area (Å²) in [7, 11) is 0. The van der Waals surface area contributed by atoms with Gasteiger partial charge in [0.15, 0.2) is 0 Å². The lowest BCUT2D eigenvalue weighted by Crippen LogP contribution is -2.14. The van der Waals surface area contributed by atoms with Gasteiger partial charge in [0, 0.05) is 6.20 Å². The molecule has 0 amide bonds. The van der Waals surface area contributed by atoms with Gasteiger partial charge >= 0.3 is 6.18 Å². The van der Waals surface area contributed by atoms with Gasteiger partial charge in [0.05, 0.1) is 6.61 Å². The number of nitrogens with zero attached hydrogens (tertiary/aromatic N) is 1. The summed E-state index contributed by atoms with van der Waals surface area (Å²) in [5.41, 5.74) is -0.789. The topological polar surface area (TPSA) is 48.1 Å². The van der Waals surface area contributed by atoms with Crippen molar-refractivity contribution in [2.45, 2.75) is 12.6 Å². The molecule has 1 heterocycles. The Bertz CT molecular complexity index is 301. The molecule has 0 aliphatic carbocycles. The molecule has 0 spiro atoms. The number of nitrogens with two attached hydrogens (primary N) is 1. The van der Waals surface area contributed by atoms with Crippen LogP contribution in [0.2, 0.25) is 0 Å². The molecule has 3 nitrogen and oxygen atoms in total. The molecule has 0 atom stereocenters. The first-order chi connectivity index (χ1) is 6.55. The molecule has 0 bridgehead atoms. The minimum absolute atomic E-state index is 0.0365. The highest BCUT2D eigenvalue weighted by atomic mass is 19.4. The molecule has 1 rings (SSSR count). The molecule has 1 aromatic rings. The lowest BCUT2D eigenvalue weighted by Gasteiger charge is -2.10. The quantitative estimate of drug-likeness (QED) is 0.763. The maximum atomic E-state index is 12.3. The van der Waals surface area contributed by atoms with Crippen molar-refractivity contribution >= 4 is 0 Å². The molecular weight excluding hydrogens is 197 g/mol. The largest absolute Gasteiger partial charge is 0.433 e. The zero-order valence-electron chi connectivity index (χ0n) is 7.21. The first-order valence-corrected chi connectivity index (χ1v) is 3.88. The third-order valence-electron chi connectivity index (χ3n) is 1.65. The minimum Gasteiger partial charge on any atom is -0.304 e. The summed E-state index contributed by atoms with van der Waals surface area (Å²) in [6, 6.07) is 2.80. The molecular formula is C8H9F3N2O. The summed E-state index contributed by atoms with van der Waals surface area (Å²) >= 11 is 0. The summed E-state index contributed by atoms with van der Waals surface area (Å²) in [6.07, 6.45) is -3.22. The van der Waals surface area contributed by atoms with Crippen LogP contribution in [0.1, 0.15) is 11.3 Å². The van der Waals surface area contributed by atoms with Crippen molar-refractivity contribution in [1.29, 1.82) is 0 Å². The highest BCUT2D eigenvalue weighted by Crippen LogP contribution is 2.30. The first-order valence-electron chi connectivity index (χ1n) is 3.88. The van der Waals surface area contributed by atoms with E-state index in [4.69, 9.17) is 5.90 Å². The number of pyridine rings is 1. The van der Waals surface area contributed by atoms with E-state index in [1.54, 1.807) is 0 Å². The Labute approximate surface area is 78.6 Å². The summed E-state index contributed by atoms with van der Waals surface area (Å²) < 4.78 is 37.0. The predicted octanol–water partition coefficient (Wildman–Crippen LogP) is 1.53. The Morgan fingerprint density at radius 3 is 2.71 bits per heavy atom. The van der Waals surface area contributed by atoms with Crippen LogP contribution in [0.4, 0.5) is 13.2 Å². The molecule has 0 saturated heterocycles. The van der Waals surface area contributed by atoms with Gasteiger partial charge in [-0.2, -0.15) is 13.2 Å². The van der Waals surface area contributed by atoms with E-state index in [1.807, 2.05) is 0 Å². The van der Waals surface area contributed by atoms with Crippen LogP contribution >= 0.6 is 0 Å². The standard InChI is InChI=1S/C8H9F3N2O/c9-8(10,11)7-6(3-5-14-12)2-1-4-13-7/h1-2,4H,3,5,12H2. The van der Waals surface area contributed by atoms with Gasteiger partial charge < -0.3 is 4.84 Å². The molecule has 0 fully saturated rings. The zero-order valence-corrected chi connectivity index (χ0v) is 7.21. The smallest absolute Gasteiger partial charge is 0.304 e. The van der Waals surface area contributed by atoms with Crippen molar-refractivity contribution in [2.75, 3.05) is 6.61 Å². The summed E-state index contributed by atoms with van der Waals surface area (Å²) in [5.74, 6) is 4.73. The lowest BCUT2D eigenvalue weighted by atomic mass is 10.1. The Morgan fingerprint density at radius 2 is 2.14 bits per heavy atom. The molecule has 0 unspecified atom stereocenters. The van der Waals surface area contributed by atoms with Gasteiger partial charge in [-0.3, -0.25) is 4.98 Å². The van der Waals surface area contributed by atoms with Crippen LogP contribution in [0, 0.1) is 0 Å². The van der Waals surface area contributed by atoms with E-state index in [-0.39, 0.29) is 18.6 Å². The van der Waals surface area contributed by atoms with Crippen molar-refractivity contribution in [3.8, 4) is 0 Å². The van der Waals surface area contributed by atoms with Crippen molar-refractivity contribution < 1.29 is 18.0 Å². The number of rotatable bonds is 3. The van der Waals surface area contributed by atoms with E-state index in [0.29, 0.717) is 0 Å². The number of halogens is 3. The van der Waals surface area contributed by atoms with E-state index in [2.05, 4.69) is 9.82 Å². The van der Waals surface area contributed by atoms with E-state index in [9.17, 15) is 13.2 Å². The summed E-state index contributed by atoms with van der Waals surface area (Å²) in [5, 5.41) is 0. The third-order valence-corrected chi connectivity index (χ3v) is 1.65. The highest BCUT2D eigenvalue weighted by molar-refractivity contribution is 5.22. The molecule has 0 saturated carbocycles. The average Bonchev–Trinajstić information content (AvgIpc) is 2.14. The van der Waals surface area contributed by atoms with Gasteiger partial charge in [0.2, 0.25) is 0 Å². The van der Waals surface area contributed by atoms with Crippen molar-refractivity contribution in [1.82, 2.24) is 4.98 Å². The van der Waals surface area contributed by atoms with Crippen LogP contribution in [-0.2, 0) is 17.4 Å². The van der Waals surface area contributed by atoms with Crippen LogP contribution in [0.25, 0.3) is 0 Å². The molecule has 6 heteroatoms. The Kier molecular flexibility index (Phi) is 3.43. The average molecular weight is 206 g/mol. The number of aromatic nitrogens is 1. The summed E-state index contributed by atoms with van der Waals surface area (Å²) in [6.45, 7) is 0.0365. The maximum absolute atomic E-state index is 12.3. The second kappa shape index (κ2) is 4.39. The molecule has 14 heavy (non-hydrogen) atoms. The lowest BCUT2D eigenvalue weighted by molar-refractivity contribution is -0.141. The first kappa shape index (κ1) is 10.9. The number of alkyl halides is 3. The minimum atomic E-state index is -4.43. The monoisotopic (exact) mass is 206 g/mol. The Hall–Kier alpha value is -1.14. The van der Waals surface area contributed by atoms with Crippen LogP contribution in [-0.4, -0.2) is 11.6 Å². The van der Waals surface area contributed by atoms with Gasteiger partial charge in [0.25, 0.3) is 0 Å². The highest BCUT2D eigenvalue weighted by Gasteiger charge is 2.34. The Balaban J connectivity index is 2.92. The van der Waals surface area contributed by atoms with Crippen LogP contribution < -0.4 is 5.90 Å². The van der Waals surface area contributed by atoms with E-state index >= 15 is 0 Å². The third kappa shape index (κ3) is 2.68. The number of hydrogen-bond acceptors (Lipinski definition) is 3. The van der Waals surface area contributed by atoms with E-state index in [0.717, 1.165) is 6.20 Å². The molecule has 1 aromatic heterocycles. The fourth-order valence-corrected chi connectivity index (χ4v) is 1.06. The predicted molar refractivity (Wildman–Crippen MR) is 43.1 cm³/mol. The second-order valence-electron chi connectivity index (χ2n) is 2.63. The van der Waals surface area contributed by atoms with E-state index < -0.39 is 11.9 Å². The van der Waals surface area contributed by atoms with Gasteiger partial charge in [-0.25, -0.2) is 5.90 Å². The molecule has 2 N–H and O–H groups in total. The van der Waals surface area contributed by atoms with Crippen LogP contribution in [0.5, 0.6) is 0 Å². The Morgan fingerprint density at radius 1 is 1.43 bits per heavy atom.